The molecule has 0 radical (unpaired) electrons. The molecule has 0 aromatic heterocycles. The number of hydrogen-bond donors (Lipinski definition) is 1. The van der Waals surface area contributed by atoms with Crippen LogP contribution in [0.25, 0.3) is 0 Å². The molecule has 2 nitrogen and oxygen atoms in total. The number of rotatable bonds is 4. The van der Waals surface area contributed by atoms with Crippen LogP contribution in [0.3, 0.4) is 0 Å². The van der Waals surface area contributed by atoms with E-state index in [0.29, 0.717) is 17.7 Å². The third-order valence-electron chi connectivity index (χ3n) is 2.20. The van der Waals surface area contributed by atoms with Gasteiger partial charge in [-0.3, -0.25) is 4.79 Å². The molecule has 2 N–H and O–H groups in total. The first-order chi connectivity index (χ1) is 7.04. The van der Waals surface area contributed by atoms with E-state index >= 15 is 0 Å². The average molecular weight is 268 g/mol. The molecule has 0 saturated carbocycles. The number of hydrogen-bond acceptors (Lipinski definition) is 2. The summed E-state index contributed by atoms with van der Waals surface area (Å²) in [5, 5.41) is 0. The van der Waals surface area contributed by atoms with E-state index in [4.69, 9.17) is 5.73 Å². The van der Waals surface area contributed by atoms with Crippen LogP contribution in [0.2, 0.25) is 0 Å². The lowest BCUT2D eigenvalue weighted by atomic mass is 10.0. The molecule has 0 amide bonds. The second kappa shape index (κ2) is 5.12. The number of ketones is 1. The van der Waals surface area contributed by atoms with Crippen molar-refractivity contribution in [3.8, 4) is 0 Å². The highest BCUT2D eigenvalue weighted by Crippen LogP contribution is 2.22. The van der Waals surface area contributed by atoms with E-state index in [0.717, 1.165) is 16.5 Å². The highest BCUT2D eigenvalue weighted by atomic mass is 79.9. The number of Topliss-reactive ketones (excluding diaryl/α,β-unsaturated/α-hetero) is 1. The number of carbonyl (C=O) groups excluding carboxylic acids is 1. The summed E-state index contributed by atoms with van der Waals surface area (Å²) in [5.41, 5.74) is 7.80. The Morgan fingerprint density at radius 2 is 2.20 bits per heavy atom. The maximum Gasteiger partial charge on any atom is 0.168 e. The number of nitrogens with two attached hydrogens (primary N) is 1. The molecular formula is C12H14BrNO. The van der Waals surface area contributed by atoms with E-state index in [9.17, 15) is 4.79 Å². The van der Waals surface area contributed by atoms with Gasteiger partial charge in [0, 0.05) is 22.1 Å². The first-order valence-electron chi connectivity index (χ1n) is 4.79. The Balaban J connectivity index is 2.91. The minimum atomic E-state index is 0.0565. The highest BCUT2D eigenvalue weighted by molar-refractivity contribution is 9.10. The summed E-state index contributed by atoms with van der Waals surface area (Å²) < 4.78 is 0.783. The molecule has 3 heteroatoms. The Morgan fingerprint density at radius 1 is 1.53 bits per heavy atom. The van der Waals surface area contributed by atoms with Gasteiger partial charge < -0.3 is 5.73 Å². The fraction of sp³-hybridized carbons (Fsp3) is 0.250. The van der Waals surface area contributed by atoms with Crippen molar-refractivity contribution in [2.45, 2.75) is 19.8 Å². The third kappa shape index (κ3) is 3.20. The van der Waals surface area contributed by atoms with Crippen molar-refractivity contribution in [2.24, 2.45) is 0 Å². The van der Waals surface area contributed by atoms with Crippen LogP contribution in [0, 0.1) is 0 Å². The van der Waals surface area contributed by atoms with Crippen LogP contribution in [-0.2, 0) is 0 Å². The first kappa shape index (κ1) is 12.0. The Bertz CT molecular complexity index is 399. The molecule has 0 heterocycles. The molecule has 1 rings (SSSR count). The first-order valence-corrected chi connectivity index (χ1v) is 5.58. The lowest BCUT2D eigenvalue weighted by molar-refractivity contribution is 0.0991. The molecule has 0 aliphatic carbocycles. The van der Waals surface area contributed by atoms with Crippen LogP contribution in [0.4, 0.5) is 5.69 Å². The molecule has 0 atom stereocenters. The van der Waals surface area contributed by atoms with E-state index in [1.165, 1.54) is 0 Å². The second-order valence-electron chi connectivity index (χ2n) is 3.44. The normalized spacial score (nSPS) is 10.0. The minimum Gasteiger partial charge on any atom is -0.399 e. The summed E-state index contributed by atoms with van der Waals surface area (Å²) in [5.74, 6) is 0.0565. The van der Waals surface area contributed by atoms with Crippen LogP contribution in [0.15, 0.2) is 34.8 Å². The van der Waals surface area contributed by atoms with E-state index in [1.54, 1.807) is 18.2 Å². The maximum atomic E-state index is 11.8. The molecular weight excluding hydrogens is 254 g/mol. The standard InChI is InChI=1S/C12H14BrNO/c1-3-8(2)6-12(15)10-7-9(14)4-5-11(10)13/h4-5,7H,2-3,6,14H2,1H3. The molecule has 0 saturated heterocycles. The van der Waals surface area contributed by atoms with Crippen LogP contribution < -0.4 is 5.73 Å². The largest absolute Gasteiger partial charge is 0.399 e. The molecule has 1 aromatic carbocycles. The van der Waals surface area contributed by atoms with Gasteiger partial charge in [-0.2, -0.15) is 0 Å². The maximum absolute atomic E-state index is 11.8. The third-order valence-corrected chi connectivity index (χ3v) is 2.89. The zero-order chi connectivity index (χ0) is 11.4. The van der Waals surface area contributed by atoms with Gasteiger partial charge >= 0.3 is 0 Å². The molecule has 1 aromatic rings. The second-order valence-corrected chi connectivity index (χ2v) is 4.30. The van der Waals surface area contributed by atoms with Crippen LogP contribution >= 0.6 is 15.9 Å². The van der Waals surface area contributed by atoms with Gasteiger partial charge in [0.05, 0.1) is 0 Å². The predicted molar refractivity (Wildman–Crippen MR) is 66.9 cm³/mol. The van der Waals surface area contributed by atoms with Gasteiger partial charge in [0.1, 0.15) is 0 Å². The van der Waals surface area contributed by atoms with E-state index in [2.05, 4.69) is 22.5 Å². The van der Waals surface area contributed by atoms with Crippen LogP contribution in [0.5, 0.6) is 0 Å². The molecule has 0 unspecified atom stereocenters. The molecule has 80 valence electrons. The molecule has 0 bridgehead atoms. The van der Waals surface area contributed by atoms with Gasteiger partial charge in [-0.1, -0.05) is 35.0 Å². The summed E-state index contributed by atoms with van der Waals surface area (Å²) in [7, 11) is 0. The van der Waals surface area contributed by atoms with Gasteiger partial charge in [-0.25, -0.2) is 0 Å². The Morgan fingerprint density at radius 3 is 2.80 bits per heavy atom. The summed E-state index contributed by atoms with van der Waals surface area (Å²) in [4.78, 5) is 11.8. The number of nitrogen functional groups attached to an aromatic ring is 1. The van der Waals surface area contributed by atoms with Crippen molar-refractivity contribution in [3.63, 3.8) is 0 Å². The summed E-state index contributed by atoms with van der Waals surface area (Å²) in [6.07, 6.45) is 1.21. The van der Waals surface area contributed by atoms with Crippen LogP contribution in [0.1, 0.15) is 30.1 Å². The number of carbonyl (C=O) groups is 1. The number of anilines is 1. The number of benzene rings is 1. The molecule has 0 aliphatic heterocycles. The van der Waals surface area contributed by atoms with Gasteiger partial charge in [0.15, 0.2) is 5.78 Å². The average Bonchev–Trinajstić information content (AvgIpc) is 2.21. The van der Waals surface area contributed by atoms with Gasteiger partial charge in [0.2, 0.25) is 0 Å². The van der Waals surface area contributed by atoms with Crippen molar-refractivity contribution in [2.75, 3.05) is 5.73 Å². The highest BCUT2D eigenvalue weighted by Gasteiger charge is 2.10. The van der Waals surface area contributed by atoms with Crippen molar-refractivity contribution >= 4 is 27.4 Å². The smallest absolute Gasteiger partial charge is 0.168 e. The monoisotopic (exact) mass is 267 g/mol. The fourth-order valence-corrected chi connectivity index (χ4v) is 1.67. The topological polar surface area (TPSA) is 43.1 Å². The molecule has 15 heavy (non-hydrogen) atoms. The Labute approximate surface area is 98.3 Å². The Kier molecular flexibility index (Phi) is 4.09. The van der Waals surface area contributed by atoms with Gasteiger partial charge in [-0.05, 0) is 24.6 Å². The summed E-state index contributed by atoms with van der Waals surface area (Å²) in [6.45, 7) is 5.81. The zero-order valence-electron chi connectivity index (χ0n) is 8.72. The number of allylic oxidation sites excluding steroid dienone is 1. The van der Waals surface area contributed by atoms with E-state index < -0.39 is 0 Å². The zero-order valence-corrected chi connectivity index (χ0v) is 10.3. The van der Waals surface area contributed by atoms with Crippen molar-refractivity contribution < 1.29 is 4.79 Å². The summed E-state index contributed by atoms with van der Waals surface area (Å²) >= 11 is 3.34. The lowest BCUT2D eigenvalue weighted by Gasteiger charge is -2.05. The fourth-order valence-electron chi connectivity index (χ4n) is 1.20. The Hall–Kier alpha value is -1.09. The van der Waals surface area contributed by atoms with Gasteiger partial charge in [0.25, 0.3) is 0 Å². The SMILES string of the molecule is C=C(CC)CC(=O)c1cc(N)ccc1Br. The van der Waals surface area contributed by atoms with Gasteiger partial charge in [-0.15, -0.1) is 0 Å². The molecule has 0 spiro atoms. The quantitative estimate of drug-likeness (QED) is 0.515. The van der Waals surface area contributed by atoms with Crippen molar-refractivity contribution in [1.82, 2.24) is 0 Å². The molecule has 0 fully saturated rings. The summed E-state index contributed by atoms with van der Waals surface area (Å²) in [6, 6.07) is 5.24. The van der Waals surface area contributed by atoms with E-state index in [1.807, 2.05) is 6.92 Å². The minimum absolute atomic E-state index is 0.0565. The number of halogens is 1. The lowest BCUT2D eigenvalue weighted by Crippen LogP contribution is -2.02. The van der Waals surface area contributed by atoms with Crippen LogP contribution in [-0.4, -0.2) is 5.78 Å². The molecule has 0 aliphatic rings. The van der Waals surface area contributed by atoms with E-state index in [-0.39, 0.29) is 5.78 Å². The predicted octanol–water partition coefficient (Wildman–Crippen LogP) is 3.57. The van der Waals surface area contributed by atoms with Crippen molar-refractivity contribution in [1.29, 1.82) is 0 Å². The van der Waals surface area contributed by atoms with Crippen molar-refractivity contribution in [3.05, 3.63) is 40.4 Å².